The van der Waals surface area contributed by atoms with Crippen molar-refractivity contribution in [1.29, 1.82) is 0 Å². The van der Waals surface area contributed by atoms with Crippen LogP contribution < -0.4 is 4.74 Å². The van der Waals surface area contributed by atoms with Crippen molar-refractivity contribution in [1.82, 2.24) is 9.55 Å². The van der Waals surface area contributed by atoms with Gasteiger partial charge in [0.15, 0.2) is 0 Å². The Balaban J connectivity index is 1.84. The van der Waals surface area contributed by atoms with Crippen LogP contribution in [-0.4, -0.2) is 21.4 Å². The van der Waals surface area contributed by atoms with E-state index in [4.69, 9.17) is 4.74 Å². The maximum absolute atomic E-state index is 12.2. The number of benzene rings is 1. The molecule has 3 rings (SSSR count). The number of hydrogen-bond donors (Lipinski definition) is 0. The van der Waals surface area contributed by atoms with Crippen LogP contribution in [-0.2, 0) is 7.05 Å². The molecule has 1 fully saturated rings. The van der Waals surface area contributed by atoms with E-state index in [0.29, 0.717) is 17.4 Å². The van der Waals surface area contributed by atoms with Gasteiger partial charge in [0, 0.05) is 18.8 Å². The maximum atomic E-state index is 12.2. The average Bonchev–Trinajstić information content (AvgIpc) is 3.08. The summed E-state index contributed by atoms with van der Waals surface area (Å²) in [7, 11) is 1.84. The lowest BCUT2D eigenvalue weighted by molar-refractivity contribution is 0.103. The van der Waals surface area contributed by atoms with E-state index in [2.05, 4.69) is 4.98 Å². The number of aryl methyl sites for hydroxylation is 1. The van der Waals surface area contributed by atoms with Crippen LogP contribution in [0.3, 0.4) is 0 Å². The zero-order valence-electron chi connectivity index (χ0n) is 10.2. The first-order valence-corrected chi connectivity index (χ1v) is 6.02. The van der Waals surface area contributed by atoms with Gasteiger partial charge >= 0.3 is 0 Å². The van der Waals surface area contributed by atoms with Gasteiger partial charge in [-0.15, -0.1) is 0 Å². The van der Waals surface area contributed by atoms with Crippen LogP contribution in [0.15, 0.2) is 36.8 Å². The fraction of sp³-hybridized carbons (Fsp3) is 0.286. The highest BCUT2D eigenvalue weighted by atomic mass is 16.5. The van der Waals surface area contributed by atoms with E-state index in [1.807, 2.05) is 19.2 Å². The maximum Gasteiger partial charge on any atom is 0.213 e. The van der Waals surface area contributed by atoms with Gasteiger partial charge in [-0.3, -0.25) is 4.79 Å². The smallest absolute Gasteiger partial charge is 0.213 e. The number of hydrogen-bond acceptors (Lipinski definition) is 3. The third-order valence-electron chi connectivity index (χ3n) is 2.86. The predicted octanol–water partition coefficient (Wildman–Crippen LogP) is 2.19. The zero-order valence-corrected chi connectivity index (χ0v) is 10.2. The summed E-state index contributed by atoms with van der Waals surface area (Å²) in [4.78, 5) is 16.2. The number of carbonyl (C=O) groups is 1. The van der Waals surface area contributed by atoms with E-state index in [-0.39, 0.29) is 5.78 Å². The Morgan fingerprint density at radius 3 is 2.94 bits per heavy atom. The lowest BCUT2D eigenvalue weighted by atomic mass is 10.1. The first-order valence-electron chi connectivity index (χ1n) is 6.02. The molecule has 0 amide bonds. The number of rotatable bonds is 4. The second kappa shape index (κ2) is 4.29. The van der Waals surface area contributed by atoms with Gasteiger partial charge in [-0.2, -0.15) is 0 Å². The van der Waals surface area contributed by atoms with Crippen LogP contribution >= 0.6 is 0 Å². The molecule has 4 nitrogen and oxygen atoms in total. The van der Waals surface area contributed by atoms with Crippen LogP contribution in [0.5, 0.6) is 5.75 Å². The van der Waals surface area contributed by atoms with Crippen molar-refractivity contribution in [3.8, 4) is 5.75 Å². The second-order valence-electron chi connectivity index (χ2n) is 4.60. The second-order valence-corrected chi connectivity index (χ2v) is 4.60. The predicted molar refractivity (Wildman–Crippen MR) is 66.7 cm³/mol. The van der Waals surface area contributed by atoms with Gasteiger partial charge in [-0.1, -0.05) is 12.1 Å². The van der Waals surface area contributed by atoms with Crippen molar-refractivity contribution in [2.24, 2.45) is 7.05 Å². The van der Waals surface area contributed by atoms with Crippen molar-refractivity contribution in [3.63, 3.8) is 0 Å². The summed E-state index contributed by atoms with van der Waals surface area (Å²) in [5.41, 5.74) is 1.08. The molecule has 0 bridgehead atoms. The molecule has 2 aromatic rings. The number of ketones is 1. The summed E-state index contributed by atoms with van der Waals surface area (Å²) in [6.45, 7) is 0. The van der Waals surface area contributed by atoms with Crippen LogP contribution in [0.25, 0.3) is 0 Å². The van der Waals surface area contributed by atoms with Gasteiger partial charge in [0.25, 0.3) is 0 Å². The molecule has 0 N–H and O–H groups in total. The molecule has 1 aliphatic rings. The van der Waals surface area contributed by atoms with Crippen molar-refractivity contribution in [2.45, 2.75) is 18.9 Å². The zero-order chi connectivity index (χ0) is 12.5. The molecule has 0 aliphatic heterocycles. The summed E-state index contributed by atoms with van der Waals surface area (Å²) < 4.78 is 7.44. The molecule has 0 saturated heterocycles. The molecule has 1 saturated carbocycles. The van der Waals surface area contributed by atoms with Gasteiger partial charge < -0.3 is 9.30 Å². The van der Waals surface area contributed by atoms with E-state index in [1.165, 1.54) is 0 Å². The van der Waals surface area contributed by atoms with Crippen LogP contribution in [0.4, 0.5) is 0 Å². The topological polar surface area (TPSA) is 44.1 Å². The van der Waals surface area contributed by atoms with Crippen molar-refractivity contribution < 1.29 is 9.53 Å². The minimum absolute atomic E-state index is 0.0724. The lowest BCUT2D eigenvalue weighted by Gasteiger charge is -2.05. The van der Waals surface area contributed by atoms with Gasteiger partial charge in [0.05, 0.1) is 12.4 Å². The Bertz CT molecular complexity index is 585. The average molecular weight is 242 g/mol. The third kappa shape index (κ3) is 2.27. The molecule has 1 aromatic heterocycles. The van der Waals surface area contributed by atoms with E-state index in [1.54, 1.807) is 29.2 Å². The molecule has 0 radical (unpaired) electrons. The Hall–Kier alpha value is -2.10. The van der Waals surface area contributed by atoms with Gasteiger partial charge in [0.1, 0.15) is 11.4 Å². The Kier molecular flexibility index (Phi) is 2.63. The van der Waals surface area contributed by atoms with Crippen molar-refractivity contribution >= 4 is 5.78 Å². The summed E-state index contributed by atoms with van der Waals surface area (Å²) >= 11 is 0. The fourth-order valence-corrected chi connectivity index (χ4v) is 1.77. The summed E-state index contributed by atoms with van der Waals surface area (Å²) in [5.74, 6) is 0.691. The molecule has 92 valence electrons. The normalized spacial score (nSPS) is 14.5. The molecule has 4 heteroatoms. The molecule has 0 spiro atoms. The Morgan fingerprint density at radius 1 is 1.44 bits per heavy atom. The number of ether oxygens (including phenoxy) is 1. The van der Waals surface area contributed by atoms with Crippen LogP contribution in [0, 0.1) is 0 Å². The largest absolute Gasteiger partial charge is 0.490 e. The van der Waals surface area contributed by atoms with E-state index < -0.39 is 0 Å². The summed E-state index contributed by atoms with van der Waals surface area (Å²) in [5, 5.41) is 0. The molecule has 18 heavy (non-hydrogen) atoms. The van der Waals surface area contributed by atoms with Crippen LogP contribution in [0.1, 0.15) is 28.9 Å². The monoisotopic (exact) mass is 242 g/mol. The first kappa shape index (κ1) is 11.0. The van der Waals surface area contributed by atoms with E-state index >= 15 is 0 Å². The molecule has 0 atom stereocenters. The third-order valence-corrected chi connectivity index (χ3v) is 2.86. The fourth-order valence-electron chi connectivity index (χ4n) is 1.77. The SMILES string of the molecule is Cn1cnc(C(=O)c2cccc(OC3CC3)c2)c1. The standard InChI is InChI=1S/C14H14N2O2/c1-16-8-13(15-9-16)14(17)10-3-2-4-12(7-10)18-11-5-6-11/h2-4,7-9,11H,5-6H2,1H3. The van der Waals surface area contributed by atoms with E-state index in [9.17, 15) is 4.79 Å². The lowest BCUT2D eigenvalue weighted by Crippen LogP contribution is -2.03. The minimum Gasteiger partial charge on any atom is -0.490 e. The Labute approximate surface area is 105 Å². The van der Waals surface area contributed by atoms with Crippen LogP contribution in [0.2, 0.25) is 0 Å². The summed E-state index contributed by atoms with van der Waals surface area (Å²) in [6, 6.07) is 7.30. The molecular weight excluding hydrogens is 228 g/mol. The molecule has 1 heterocycles. The van der Waals surface area contributed by atoms with Gasteiger partial charge in [-0.25, -0.2) is 4.98 Å². The minimum atomic E-state index is -0.0724. The van der Waals surface area contributed by atoms with Gasteiger partial charge in [-0.05, 0) is 25.0 Å². The highest BCUT2D eigenvalue weighted by Gasteiger charge is 2.23. The number of nitrogens with zero attached hydrogens (tertiary/aromatic N) is 2. The van der Waals surface area contributed by atoms with E-state index in [0.717, 1.165) is 18.6 Å². The number of carbonyl (C=O) groups excluding carboxylic acids is 1. The number of aromatic nitrogens is 2. The van der Waals surface area contributed by atoms with Crippen molar-refractivity contribution in [3.05, 3.63) is 48.0 Å². The molecule has 1 aliphatic carbocycles. The molecule has 0 unspecified atom stereocenters. The highest BCUT2D eigenvalue weighted by Crippen LogP contribution is 2.27. The highest BCUT2D eigenvalue weighted by molar-refractivity contribution is 6.07. The van der Waals surface area contributed by atoms with Crippen molar-refractivity contribution in [2.75, 3.05) is 0 Å². The number of imidazole rings is 1. The molecular formula is C14H14N2O2. The quantitative estimate of drug-likeness (QED) is 0.772. The first-order chi connectivity index (χ1) is 8.72. The molecule has 1 aromatic carbocycles. The summed E-state index contributed by atoms with van der Waals surface area (Å²) in [6.07, 6.45) is 5.90. The van der Waals surface area contributed by atoms with Gasteiger partial charge in [0.2, 0.25) is 5.78 Å². The Morgan fingerprint density at radius 2 is 2.28 bits per heavy atom.